The van der Waals surface area contributed by atoms with E-state index in [1.807, 2.05) is 26.0 Å². The third-order valence-electron chi connectivity index (χ3n) is 2.35. The van der Waals surface area contributed by atoms with Crippen molar-refractivity contribution in [1.82, 2.24) is 0 Å². The van der Waals surface area contributed by atoms with Crippen molar-refractivity contribution in [2.75, 3.05) is 6.61 Å². The van der Waals surface area contributed by atoms with E-state index in [0.29, 0.717) is 4.90 Å². The van der Waals surface area contributed by atoms with Crippen LogP contribution in [0.15, 0.2) is 23.1 Å². The topological polar surface area (TPSA) is 104 Å². The molecule has 0 aromatic heterocycles. The largest absolute Gasteiger partial charge is 0.393 e. The van der Waals surface area contributed by atoms with E-state index in [4.69, 9.17) is 20.6 Å². The van der Waals surface area contributed by atoms with Gasteiger partial charge in [0.1, 0.15) is 0 Å². The van der Waals surface area contributed by atoms with Crippen LogP contribution >= 0.6 is 19.4 Å². The lowest BCUT2D eigenvalue weighted by molar-refractivity contribution is 0.254. The van der Waals surface area contributed by atoms with Crippen LogP contribution in [0.25, 0.3) is 0 Å². The van der Waals surface area contributed by atoms with Gasteiger partial charge < -0.3 is 20.6 Å². The second-order valence-electron chi connectivity index (χ2n) is 3.92. The van der Waals surface area contributed by atoms with Gasteiger partial charge in [0.15, 0.2) is 4.61 Å². The summed E-state index contributed by atoms with van der Waals surface area (Å²) < 4.78 is 9.28. The van der Waals surface area contributed by atoms with E-state index in [-0.39, 0.29) is 0 Å². The van der Waals surface area contributed by atoms with Gasteiger partial charge in [0.05, 0.1) is 6.61 Å². The van der Waals surface area contributed by atoms with Crippen LogP contribution in [-0.4, -0.2) is 26.1 Å². The second kappa shape index (κ2) is 5.10. The van der Waals surface area contributed by atoms with Crippen LogP contribution in [0.3, 0.4) is 0 Å². The van der Waals surface area contributed by atoms with Crippen LogP contribution < -0.4 is 5.73 Å². The summed E-state index contributed by atoms with van der Waals surface area (Å²) in [5, 5.41) is 9.10. The van der Waals surface area contributed by atoms with Gasteiger partial charge in [-0.15, -0.1) is 0 Å². The first-order valence-electron chi connectivity index (χ1n) is 4.91. The zero-order valence-corrected chi connectivity index (χ0v) is 11.3. The van der Waals surface area contributed by atoms with Gasteiger partial charge in [0, 0.05) is 4.90 Å². The van der Waals surface area contributed by atoms with Gasteiger partial charge in [-0.1, -0.05) is 23.9 Å². The molecule has 0 radical (unpaired) electrons. The van der Waals surface area contributed by atoms with Crippen molar-refractivity contribution < 1.29 is 19.5 Å². The van der Waals surface area contributed by atoms with Crippen LogP contribution in [0, 0.1) is 13.8 Å². The van der Waals surface area contributed by atoms with Crippen molar-refractivity contribution >= 4 is 19.4 Å². The van der Waals surface area contributed by atoms with E-state index in [0.717, 1.165) is 22.9 Å². The average Bonchev–Trinajstić information content (AvgIpc) is 2.21. The molecule has 0 saturated heterocycles. The summed E-state index contributed by atoms with van der Waals surface area (Å²) >= 11 is 0.803. The zero-order valence-electron chi connectivity index (χ0n) is 9.62. The Morgan fingerprint density at radius 3 is 2.47 bits per heavy atom. The molecule has 1 unspecified atom stereocenters. The lowest BCUT2D eigenvalue weighted by Gasteiger charge is -2.27. The Labute approximate surface area is 104 Å². The summed E-state index contributed by atoms with van der Waals surface area (Å²) in [4.78, 5) is 19.0. The molecular weight excluding hydrogens is 261 g/mol. The van der Waals surface area contributed by atoms with Crippen LogP contribution in [-0.2, 0) is 4.57 Å². The third kappa shape index (κ3) is 3.31. The maximum Gasteiger partial charge on any atom is 0.358 e. The second-order valence-corrected chi connectivity index (χ2v) is 7.48. The van der Waals surface area contributed by atoms with Crippen LogP contribution in [0.4, 0.5) is 0 Å². The standard InChI is InChI=1S/C10H16NO4PS/c1-7-3-4-8(2)9(5-7)17-10(11,6-12)16(13,14)15/h3-5,12H,6,11H2,1-2H3,(H2,13,14,15). The summed E-state index contributed by atoms with van der Waals surface area (Å²) in [5.41, 5.74) is 7.40. The lowest BCUT2D eigenvalue weighted by atomic mass is 10.2. The highest BCUT2D eigenvalue weighted by molar-refractivity contribution is 8.06. The number of benzene rings is 1. The van der Waals surface area contributed by atoms with Gasteiger partial charge in [-0.3, -0.25) is 4.57 Å². The quantitative estimate of drug-likeness (QED) is 0.374. The van der Waals surface area contributed by atoms with Crippen molar-refractivity contribution in [3.05, 3.63) is 29.3 Å². The molecule has 5 nitrogen and oxygen atoms in total. The minimum atomic E-state index is -4.60. The number of thioether (sulfide) groups is 1. The maximum absolute atomic E-state index is 11.3. The highest BCUT2D eigenvalue weighted by Gasteiger charge is 2.44. The molecule has 0 aliphatic heterocycles. The zero-order chi connectivity index (χ0) is 13.3. The van der Waals surface area contributed by atoms with E-state index in [1.54, 1.807) is 6.07 Å². The molecule has 0 aliphatic rings. The molecule has 0 fully saturated rings. The fourth-order valence-corrected chi connectivity index (χ4v) is 3.07. The maximum atomic E-state index is 11.3. The van der Waals surface area contributed by atoms with E-state index in [2.05, 4.69) is 0 Å². The van der Waals surface area contributed by atoms with E-state index in [9.17, 15) is 4.57 Å². The first-order valence-corrected chi connectivity index (χ1v) is 7.34. The summed E-state index contributed by atoms with van der Waals surface area (Å²) in [7, 11) is -4.60. The number of aliphatic hydroxyl groups is 1. The van der Waals surface area contributed by atoms with Crippen molar-refractivity contribution in [3.63, 3.8) is 0 Å². The third-order valence-corrected chi connectivity index (χ3v) is 5.61. The molecule has 0 aliphatic carbocycles. The van der Waals surface area contributed by atoms with E-state index >= 15 is 0 Å². The monoisotopic (exact) mass is 277 g/mol. The Bertz CT molecular complexity index is 462. The predicted octanol–water partition coefficient (Wildman–Crippen LogP) is 1.18. The molecule has 1 aromatic rings. The van der Waals surface area contributed by atoms with Crippen molar-refractivity contribution in [3.8, 4) is 0 Å². The molecule has 0 spiro atoms. The van der Waals surface area contributed by atoms with Crippen LogP contribution in [0.1, 0.15) is 11.1 Å². The molecule has 17 heavy (non-hydrogen) atoms. The van der Waals surface area contributed by atoms with Gasteiger partial charge in [-0.05, 0) is 31.0 Å². The van der Waals surface area contributed by atoms with Crippen LogP contribution in [0.2, 0.25) is 0 Å². The number of aryl methyl sites for hydroxylation is 2. The minimum absolute atomic E-state index is 0.657. The van der Waals surface area contributed by atoms with Gasteiger partial charge in [0.25, 0.3) is 0 Å². The SMILES string of the molecule is Cc1ccc(C)c(SC(N)(CO)P(=O)(O)O)c1. The molecule has 1 aromatic carbocycles. The molecule has 0 heterocycles. The van der Waals surface area contributed by atoms with Crippen molar-refractivity contribution in [1.29, 1.82) is 0 Å². The predicted molar refractivity (Wildman–Crippen MR) is 67.8 cm³/mol. The number of hydrogen-bond acceptors (Lipinski definition) is 4. The van der Waals surface area contributed by atoms with Crippen molar-refractivity contribution in [2.24, 2.45) is 5.73 Å². The molecule has 7 heteroatoms. The highest BCUT2D eigenvalue weighted by atomic mass is 32.2. The van der Waals surface area contributed by atoms with Gasteiger partial charge >= 0.3 is 7.60 Å². The molecule has 1 atom stereocenters. The normalized spacial score (nSPS) is 15.6. The molecule has 5 N–H and O–H groups in total. The minimum Gasteiger partial charge on any atom is -0.393 e. The van der Waals surface area contributed by atoms with Gasteiger partial charge in [0.2, 0.25) is 0 Å². The number of rotatable bonds is 4. The number of aliphatic hydroxyl groups excluding tert-OH is 1. The van der Waals surface area contributed by atoms with Gasteiger partial charge in [-0.2, -0.15) is 0 Å². The average molecular weight is 277 g/mol. The Kier molecular flexibility index (Phi) is 4.41. The molecular formula is C10H16NO4PS. The van der Waals surface area contributed by atoms with E-state index < -0.39 is 18.8 Å². The summed E-state index contributed by atoms with van der Waals surface area (Å²) in [6.45, 7) is 2.90. The molecule has 0 saturated carbocycles. The summed E-state index contributed by atoms with van der Waals surface area (Å²) in [6, 6.07) is 5.52. The lowest BCUT2D eigenvalue weighted by Crippen LogP contribution is -2.39. The first kappa shape index (κ1) is 14.7. The van der Waals surface area contributed by atoms with Crippen LogP contribution in [0.5, 0.6) is 0 Å². The molecule has 0 bridgehead atoms. The molecule has 96 valence electrons. The molecule has 1 rings (SSSR count). The Morgan fingerprint density at radius 2 is 2.00 bits per heavy atom. The number of hydrogen-bond donors (Lipinski definition) is 4. The Morgan fingerprint density at radius 1 is 1.41 bits per heavy atom. The Balaban J connectivity index is 3.12. The number of nitrogens with two attached hydrogens (primary N) is 1. The fraction of sp³-hybridized carbons (Fsp3) is 0.400. The summed E-state index contributed by atoms with van der Waals surface area (Å²) in [5.74, 6) is 0. The van der Waals surface area contributed by atoms with Crippen molar-refractivity contribution in [2.45, 2.75) is 23.4 Å². The van der Waals surface area contributed by atoms with E-state index in [1.165, 1.54) is 0 Å². The Hall–Kier alpha value is -0.360. The highest BCUT2D eigenvalue weighted by Crippen LogP contribution is 2.55. The van der Waals surface area contributed by atoms with Gasteiger partial charge in [-0.25, -0.2) is 0 Å². The summed E-state index contributed by atoms with van der Waals surface area (Å²) in [6.07, 6.45) is 0. The molecule has 0 amide bonds. The first-order chi connectivity index (χ1) is 7.69. The fourth-order valence-electron chi connectivity index (χ4n) is 1.19. The smallest absolute Gasteiger partial charge is 0.358 e.